The summed E-state index contributed by atoms with van der Waals surface area (Å²) in [6.07, 6.45) is 0. The van der Waals surface area contributed by atoms with E-state index in [1.807, 2.05) is 6.07 Å². The Morgan fingerprint density at radius 1 is 1.44 bits per heavy atom. The minimum Gasteiger partial charge on any atom is -0.397 e. The lowest BCUT2D eigenvalue weighted by molar-refractivity contribution is 0.103. The molecular weight excluding hydrogens is 253 g/mol. The molecule has 2 rings (SSSR count). The Hall–Kier alpha value is -2.39. The highest BCUT2D eigenvalue weighted by Crippen LogP contribution is 2.22. The van der Waals surface area contributed by atoms with Gasteiger partial charge < -0.3 is 11.1 Å². The van der Waals surface area contributed by atoms with Gasteiger partial charge in [0, 0.05) is 0 Å². The molecule has 0 aliphatic carbocycles. The number of nitrogens with two attached hydrogens (primary N) is 1. The minimum absolute atomic E-state index is 0.0680. The van der Waals surface area contributed by atoms with Gasteiger partial charge in [-0.2, -0.15) is 5.26 Å². The van der Waals surface area contributed by atoms with Crippen molar-refractivity contribution in [2.75, 3.05) is 11.1 Å². The molecule has 0 fully saturated rings. The highest BCUT2D eigenvalue weighted by Gasteiger charge is 2.13. The Labute approximate surface area is 106 Å². The van der Waals surface area contributed by atoms with Gasteiger partial charge in [0.25, 0.3) is 5.91 Å². The maximum atomic E-state index is 12.9. The Morgan fingerprint density at radius 2 is 2.22 bits per heavy atom. The zero-order chi connectivity index (χ0) is 13.1. The molecule has 0 unspecified atom stereocenters. The summed E-state index contributed by atoms with van der Waals surface area (Å²) in [5.74, 6) is -0.939. The van der Waals surface area contributed by atoms with Gasteiger partial charge in [-0.3, -0.25) is 4.79 Å². The molecule has 0 aliphatic rings. The summed E-state index contributed by atoms with van der Waals surface area (Å²) >= 11 is 1.20. The molecule has 0 aliphatic heterocycles. The molecule has 2 aromatic rings. The molecule has 1 amide bonds. The van der Waals surface area contributed by atoms with Gasteiger partial charge in [-0.05, 0) is 29.6 Å². The summed E-state index contributed by atoms with van der Waals surface area (Å²) in [6, 6.07) is 7.02. The maximum absolute atomic E-state index is 12.9. The van der Waals surface area contributed by atoms with Gasteiger partial charge in [-0.1, -0.05) is 0 Å². The fourth-order valence-electron chi connectivity index (χ4n) is 1.40. The lowest BCUT2D eigenvalue weighted by Crippen LogP contribution is -2.13. The number of carbonyl (C=O) groups excluding carboxylic acids is 1. The van der Waals surface area contributed by atoms with E-state index in [0.717, 1.165) is 6.07 Å². The van der Waals surface area contributed by atoms with E-state index in [4.69, 9.17) is 11.0 Å². The van der Waals surface area contributed by atoms with Crippen molar-refractivity contribution in [1.82, 2.24) is 0 Å². The Kier molecular flexibility index (Phi) is 3.26. The number of hydrogen-bond donors (Lipinski definition) is 2. The van der Waals surface area contributed by atoms with Crippen molar-refractivity contribution in [3.63, 3.8) is 0 Å². The lowest BCUT2D eigenvalue weighted by atomic mass is 10.2. The molecule has 18 heavy (non-hydrogen) atoms. The van der Waals surface area contributed by atoms with E-state index in [1.54, 1.807) is 11.4 Å². The summed E-state index contributed by atoms with van der Waals surface area (Å²) in [4.78, 5) is 12.2. The van der Waals surface area contributed by atoms with E-state index < -0.39 is 11.7 Å². The third-order valence-corrected chi connectivity index (χ3v) is 3.18. The molecule has 0 spiro atoms. The first-order valence-electron chi connectivity index (χ1n) is 4.96. The van der Waals surface area contributed by atoms with E-state index in [9.17, 15) is 9.18 Å². The van der Waals surface area contributed by atoms with E-state index in [0.29, 0.717) is 10.6 Å². The van der Waals surface area contributed by atoms with Crippen molar-refractivity contribution in [3.05, 3.63) is 45.9 Å². The fourth-order valence-corrected chi connectivity index (χ4v) is 2.11. The van der Waals surface area contributed by atoms with Crippen molar-refractivity contribution in [2.45, 2.75) is 0 Å². The molecular formula is C12H8FN3OS. The SMILES string of the molecule is N#Cc1cc(F)ccc1NC(=O)c1sccc1N. The van der Waals surface area contributed by atoms with Crippen molar-refractivity contribution in [3.8, 4) is 6.07 Å². The standard InChI is InChI=1S/C12H8FN3OS/c13-8-1-2-10(7(5-8)6-14)16-12(17)11-9(15)3-4-18-11/h1-5H,15H2,(H,16,17). The molecule has 0 radical (unpaired) electrons. The average Bonchev–Trinajstić information content (AvgIpc) is 2.77. The third-order valence-electron chi connectivity index (χ3n) is 2.25. The summed E-state index contributed by atoms with van der Waals surface area (Å²) in [6.45, 7) is 0. The van der Waals surface area contributed by atoms with Crippen LogP contribution in [0.4, 0.5) is 15.8 Å². The second-order valence-corrected chi connectivity index (χ2v) is 4.38. The van der Waals surface area contributed by atoms with Gasteiger partial charge in [-0.15, -0.1) is 11.3 Å². The summed E-state index contributed by atoms with van der Waals surface area (Å²) in [5.41, 5.74) is 6.32. The second-order valence-electron chi connectivity index (χ2n) is 3.46. The predicted octanol–water partition coefficient (Wildman–Crippen LogP) is 2.59. The number of carbonyl (C=O) groups is 1. The molecule has 0 saturated carbocycles. The number of halogens is 1. The highest BCUT2D eigenvalue weighted by molar-refractivity contribution is 7.12. The first-order chi connectivity index (χ1) is 8.61. The van der Waals surface area contributed by atoms with Crippen LogP contribution in [0.25, 0.3) is 0 Å². The predicted molar refractivity (Wildman–Crippen MR) is 67.8 cm³/mol. The maximum Gasteiger partial charge on any atom is 0.267 e. The van der Waals surface area contributed by atoms with E-state index in [1.165, 1.54) is 23.5 Å². The summed E-state index contributed by atoms with van der Waals surface area (Å²) in [5, 5.41) is 13.1. The van der Waals surface area contributed by atoms with Crippen molar-refractivity contribution >= 4 is 28.6 Å². The first-order valence-corrected chi connectivity index (χ1v) is 5.83. The zero-order valence-corrected chi connectivity index (χ0v) is 9.92. The summed E-state index contributed by atoms with van der Waals surface area (Å²) in [7, 11) is 0. The van der Waals surface area contributed by atoms with Gasteiger partial charge in [0.2, 0.25) is 0 Å². The minimum atomic E-state index is -0.528. The largest absolute Gasteiger partial charge is 0.397 e. The van der Waals surface area contributed by atoms with Crippen LogP contribution in [0.3, 0.4) is 0 Å². The smallest absolute Gasteiger partial charge is 0.267 e. The van der Waals surface area contributed by atoms with Crippen molar-refractivity contribution < 1.29 is 9.18 Å². The topological polar surface area (TPSA) is 78.9 Å². The molecule has 6 heteroatoms. The molecule has 90 valence electrons. The number of amides is 1. The van der Waals surface area contributed by atoms with Crippen molar-refractivity contribution in [2.24, 2.45) is 0 Å². The Balaban J connectivity index is 2.28. The van der Waals surface area contributed by atoms with Crippen LogP contribution in [0.1, 0.15) is 15.2 Å². The average molecular weight is 261 g/mol. The number of hydrogen-bond acceptors (Lipinski definition) is 4. The second kappa shape index (κ2) is 4.85. The van der Waals surface area contributed by atoms with E-state index in [-0.39, 0.29) is 11.3 Å². The molecule has 3 N–H and O–H groups in total. The normalized spacial score (nSPS) is 9.78. The van der Waals surface area contributed by atoms with Crippen LogP contribution in [0.15, 0.2) is 29.6 Å². The van der Waals surface area contributed by atoms with Gasteiger partial charge in [0.05, 0.1) is 16.9 Å². The number of nitriles is 1. The van der Waals surface area contributed by atoms with Crippen LogP contribution >= 0.6 is 11.3 Å². The number of benzene rings is 1. The zero-order valence-electron chi connectivity index (χ0n) is 9.11. The third kappa shape index (κ3) is 2.31. The van der Waals surface area contributed by atoms with Crippen LogP contribution in [0.2, 0.25) is 0 Å². The molecule has 0 bridgehead atoms. The van der Waals surface area contributed by atoms with Gasteiger partial charge in [0.1, 0.15) is 16.8 Å². The summed E-state index contributed by atoms with van der Waals surface area (Å²) < 4.78 is 12.9. The molecule has 1 heterocycles. The number of nitrogen functional groups attached to an aromatic ring is 1. The molecule has 0 atom stereocenters. The van der Waals surface area contributed by atoms with E-state index in [2.05, 4.69) is 5.32 Å². The molecule has 0 saturated heterocycles. The van der Waals surface area contributed by atoms with Crippen LogP contribution in [0, 0.1) is 17.1 Å². The molecule has 1 aromatic carbocycles. The van der Waals surface area contributed by atoms with E-state index >= 15 is 0 Å². The number of rotatable bonds is 2. The number of thiophene rings is 1. The van der Waals surface area contributed by atoms with Gasteiger partial charge in [-0.25, -0.2) is 4.39 Å². The van der Waals surface area contributed by atoms with Crippen LogP contribution in [-0.4, -0.2) is 5.91 Å². The first kappa shape index (κ1) is 12.1. The Morgan fingerprint density at radius 3 is 2.83 bits per heavy atom. The van der Waals surface area contributed by atoms with Crippen molar-refractivity contribution in [1.29, 1.82) is 5.26 Å². The number of nitrogens with zero attached hydrogens (tertiary/aromatic N) is 1. The highest BCUT2D eigenvalue weighted by atomic mass is 32.1. The van der Waals surface area contributed by atoms with Crippen LogP contribution in [-0.2, 0) is 0 Å². The number of anilines is 2. The van der Waals surface area contributed by atoms with Gasteiger partial charge >= 0.3 is 0 Å². The molecule has 1 aromatic heterocycles. The quantitative estimate of drug-likeness (QED) is 0.872. The monoisotopic (exact) mass is 261 g/mol. The molecule has 4 nitrogen and oxygen atoms in total. The van der Waals surface area contributed by atoms with Crippen LogP contribution in [0.5, 0.6) is 0 Å². The fraction of sp³-hybridized carbons (Fsp3) is 0. The number of nitrogens with one attached hydrogen (secondary N) is 1. The van der Waals surface area contributed by atoms with Gasteiger partial charge in [0.15, 0.2) is 0 Å². The lowest BCUT2D eigenvalue weighted by Gasteiger charge is -2.06. The van der Waals surface area contributed by atoms with Crippen LogP contribution < -0.4 is 11.1 Å². The Bertz CT molecular complexity index is 645.